The number of aromatic nitrogens is 1. The van der Waals surface area contributed by atoms with E-state index in [1.807, 2.05) is 54.6 Å². The molecule has 43 heavy (non-hydrogen) atoms. The summed E-state index contributed by atoms with van der Waals surface area (Å²) >= 11 is 7.72. The Morgan fingerprint density at radius 2 is 1.33 bits per heavy atom. The van der Waals surface area contributed by atoms with Gasteiger partial charge in [-0.15, -0.1) is 0 Å². The van der Waals surface area contributed by atoms with E-state index in [9.17, 15) is 9.59 Å². The van der Waals surface area contributed by atoms with Crippen LogP contribution in [0.3, 0.4) is 0 Å². The number of esters is 1. The fourth-order valence-corrected chi connectivity index (χ4v) is 5.75. The van der Waals surface area contributed by atoms with Crippen LogP contribution in [-0.2, 0) is 21.7 Å². The Morgan fingerprint density at radius 3 is 1.84 bits per heavy atom. The molecule has 0 aliphatic heterocycles. The van der Waals surface area contributed by atoms with Crippen LogP contribution in [0.1, 0.15) is 52.7 Å². The van der Waals surface area contributed by atoms with Crippen molar-refractivity contribution >= 4 is 45.6 Å². The first-order valence-corrected chi connectivity index (χ1v) is 15.0. The van der Waals surface area contributed by atoms with Gasteiger partial charge in [0.25, 0.3) is 5.91 Å². The first-order chi connectivity index (χ1) is 20.7. The Morgan fingerprint density at radius 1 is 0.791 bits per heavy atom. The van der Waals surface area contributed by atoms with Crippen LogP contribution in [0, 0.1) is 5.41 Å². The number of ether oxygens (including phenoxy) is 1. The predicted octanol–water partition coefficient (Wildman–Crippen LogP) is 8.54. The van der Waals surface area contributed by atoms with Gasteiger partial charge in [0.1, 0.15) is 17.0 Å². The van der Waals surface area contributed by atoms with Gasteiger partial charge in [-0.2, -0.15) is 0 Å². The standard InChI is InChI=1S/C35H32ClN3O3S/c1-34(2,3)32(41)42-23-24-14-13-21-28(36)30(24)38-31(40)29-22-37-33(43-29)39-35(25-15-7-4-8-16-25,26-17-9-5-10-18-26)27-19-11-6-12-20-27/h4-22H,23H2,1-3H3,(H,37,39)(H,38,40). The molecular weight excluding hydrogens is 578 g/mol. The molecule has 0 fully saturated rings. The monoisotopic (exact) mass is 609 g/mol. The van der Waals surface area contributed by atoms with Gasteiger partial charge in [0.05, 0.1) is 22.3 Å². The quantitative estimate of drug-likeness (QED) is 0.129. The van der Waals surface area contributed by atoms with Crippen molar-refractivity contribution in [2.75, 3.05) is 10.6 Å². The first kappa shape index (κ1) is 30.0. The zero-order valence-electron chi connectivity index (χ0n) is 24.1. The van der Waals surface area contributed by atoms with Gasteiger partial charge in [-0.05, 0) is 43.5 Å². The molecule has 8 heteroatoms. The fraction of sp³-hybridized carbons (Fsp3) is 0.171. The Bertz CT molecular complexity index is 1600. The summed E-state index contributed by atoms with van der Waals surface area (Å²) < 4.78 is 5.49. The van der Waals surface area contributed by atoms with Crippen molar-refractivity contribution in [1.82, 2.24) is 4.98 Å². The number of halogens is 1. The number of anilines is 2. The normalized spacial score (nSPS) is 11.5. The molecule has 0 saturated carbocycles. The van der Waals surface area contributed by atoms with Gasteiger partial charge in [0.2, 0.25) is 0 Å². The molecule has 0 spiro atoms. The van der Waals surface area contributed by atoms with Gasteiger partial charge >= 0.3 is 5.97 Å². The number of nitrogens with zero attached hydrogens (tertiary/aromatic N) is 1. The molecule has 0 atom stereocenters. The largest absolute Gasteiger partial charge is 0.460 e. The van der Waals surface area contributed by atoms with Crippen LogP contribution in [0.15, 0.2) is 115 Å². The summed E-state index contributed by atoms with van der Waals surface area (Å²) in [5.41, 5.74) is 2.64. The summed E-state index contributed by atoms with van der Waals surface area (Å²) in [4.78, 5) is 30.8. The van der Waals surface area contributed by atoms with E-state index in [1.54, 1.807) is 45.2 Å². The summed E-state index contributed by atoms with van der Waals surface area (Å²) in [6, 6.07) is 35.7. The highest BCUT2D eigenvalue weighted by Gasteiger charge is 2.37. The maximum absolute atomic E-state index is 13.5. The highest BCUT2D eigenvalue weighted by molar-refractivity contribution is 7.17. The minimum absolute atomic E-state index is 0.0183. The summed E-state index contributed by atoms with van der Waals surface area (Å²) in [5.74, 6) is -0.714. The molecule has 2 N–H and O–H groups in total. The van der Waals surface area contributed by atoms with Crippen LogP contribution < -0.4 is 10.6 Å². The lowest BCUT2D eigenvalue weighted by Gasteiger charge is -2.36. The Balaban J connectivity index is 1.46. The third-order valence-corrected chi connectivity index (χ3v) is 8.18. The summed E-state index contributed by atoms with van der Waals surface area (Å²) in [5, 5.41) is 7.52. The summed E-state index contributed by atoms with van der Waals surface area (Å²) in [7, 11) is 0. The van der Waals surface area contributed by atoms with Crippen molar-refractivity contribution in [2.24, 2.45) is 5.41 Å². The van der Waals surface area contributed by atoms with Crippen LogP contribution in [0.4, 0.5) is 10.8 Å². The van der Waals surface area contributed by atoms with Crippen molar-refractivity contribution in [1.29, 1.82) is 0 Å². The second-order valence-corrected chi connectivity index (χ2v) is 12.5. The van der Waals surface area contributed by atoms with Crippen molar-refractivity contribution in [3.05, 3.63) is 148 Å². The number of benzene rings is 4. The number of amides is 1. The molecule has 218 valence electrons. The van der Waals surface area contributed by atoms with Crippen LogP contribution in [0.5, 0.6) is 0 Å². The predicted molar refractivity (Wildman–Crippen MR) is 174 cm³/mol. The third-order valence-electron chi connectivity index (χ3n) is 6.95. The SMILES string of the molecule is CC(C)(C)C(=O)OCc1cccc(Cl)c1NC(=O)c1cnc(NC(c2ccccc2)(c2ccccc2)c2ccccc2)s1. The second kappa shape index (κ2) is 12.8. The summed E-state index contributed by atoms with van der Waals surface area (Å²) in [6.45, 7) is 5.34. The van der Waals surface area contributed by atoms with Gasteiger partial charge < -0.3 is 15.4 Å². The van der Waals surface area contributed by atoms with Crippen molar-refractivity contribution in [3.8, 4) is 0 Å². The van der Waals surface area contributed by atoms with E-state index < -0.39 is 11.0 Å². The zero-order valence-corrected chi connectivity index (χ0v) is 25.7. The number of hydrogen-bond donors (Lipinski definition) is 2. The molecule has 1 aromatic heterocycles. The Hall–Kier alpha value is -4.46. The molecule has 1 amide bonds. The lowest BCUT2D eigenvalue weighted by molar-refractivity contribution is -0.154. The van der Waals surface area contributed by atoms with E-state index in [0.29, 0.717) is 26.3 Å². The van der Waals surface area contributed by atoms with Crippen LogP contribution in [0.25, 0.3) is 0 Å². The number of carbonyl (C=O) groups is 2. The van der Waals surface area contributed by atoms with E-state index in [4.69, 9.17) is 16.3 Å². The van der Waals surface area contributed by atoms with Crippen LogP contribution in [0.2, 0.25) is 5.02 Å². The van der Waals surface area contributed by atoms with E-state index in [2.05, 4.69) is 52.0 Å². The molecular formula is C35H32ClN3O3S. The van der Waals surface area contributed by atoms with Crippen LogP contribution in [-0.4, -0.2) is 16.9 Å². The van der Waals surface area contributed by atoms with E-state index in [0.717, 1.165) is 16.7 Å². The van der Waals surface area contributed by atoms with Gasteiger partial charge in [0.15, 0.2) is 5.13 Å². The van der Waals surface area contributed by atoms with Gasteiger partial charge in [-0.25, -0.2) is 4.98 Å². The maximum Gasteiger partial charge on any atom is 0.311 e. The Kier molecular flexibility index (Phi) is 8.94. The lowest BCUT2D eigenvalue weighted by atomic mass is 9.77. The lowest BCUT2D eigenvalue weighted by Crippen LogP contribution is -2.38. The number of hydrogen-bond acceptors (Lipinski definition) is 6. The molecule has 0 aliphatic carbocycles. The number of carbonyl (C=O) groups excluding carboxylic acids is 2. The molecule has 0 aliphatic rings. The smallest absolute Gasteiger partial charge is 0.311 e. The fourth-order valence-electron chi connectivity index (χ4n) is 4.74. The van der Waals surface area contributed by atoms with Gasteiger partial charge in [-0.1, -0.05) is 126 Å². The highest BCUT2D eigenvalue weighted by atomic mass is 35.5. The van der Waals surface area contributed by atoms with E-state index >= 15 is 0 Å². The van der Waals surface area contributed by atoms with E-state index in [-0.39, 0.29) is 18.5 Å². The third kappa shape index (κ3) is 6.63. The first-order valence-electron chi connectivity index (χ1n) is 13.8. The molecule has 1 heterocycles. The topological polar surface area (TPSA) is 80.3 Å². The number of nitrogens with one attached hydrogen (secondary N) is 2. The molecule has 4 aromatic carbocycles. The average Bonchev–Trinajstić information content (AvgIpc) is 3.49. The number of para-hydroxylation sites is 1. The molecule has 0 saturated heterocycles. The molecule has 5 aromatic rings. The zero-order chi connectivity index (χ0) is 30.5. The van der Waals surface area contributed by atoms with Gasteiger partial charge in [0, 0.05) is 5.56 Å². The minimum Gasteiger partial charge on any atom is -0.460 e. The van der Waals surface area contributed by atoms with Crippen LogP contribution >= 0.6 is 22.9 Å². The van der Waals surface area contributed by atoms with Crippen molar-refractivity contribution < 1.29 is 14.3 Å². The maximum atomic E-state index is 13.5. The van der Waals surface area contributed by atoms with Crippen molar-refractivity contribution in [3.63, 3.8) is 0 Å². The number of rotatable bonds is 9. The molecule has 0 unspecified atom stereocenters. The van der Waals surface area contributed by atoms with Gasteiger partial charge in [-0.3, -0.25) is 9.59 Å². The number of thiazole rings is 1. The summed E-state index contributed by atoms with van der Waals surface area (Å²) in [6.07, 6.45) is 1.55. The Labute approximate surface area is 260 Å². The van der Waals surface area contributed by atoms with Crippen molar-refractivity contribution in [2.45, 2.75) is 32.9 Å². The second-order valence-electron chi connectivity index (χ2n) is 11.1. The molecule has 0 radical (unpaired) electrons. The minimum atomic E-state index is -0.776. The average molecular weight is 610 g/mol. The van der Waals surface area contributed by atoms with E-state index in [1.165, 1.54) is 11.3 Å². The highest BCUT2D eigenvalue weighted by Crippen LogP contribution is 2.41. The molecule has 6 nitrogen and oxygen atoms in total. The molecule has 0 bridgehead atoms. The molecule has 5 rings (SSSR count).